The lowest BCUT2D eigenvalue weighted by Crippen LogP contribution is -2.36. The summed E-state index contributed by atoms with van der Waals surface area (Å²) in [6.07, 6.45) is 1.93. The van der Waals surface area contributed by atoms with Crippen LogP contribution in [0.25, 0.3) is 11.0 Å². The van der Waals surface area contributed by atoms with Crippen LogP contribution in [0.1, 0.15) is 18.7 Å². The number of aromatic nitrogens is 2. The van der Waals surface area contributed by atoms with Crippen molar-refractivity contribution in [3.8, 4) is 5.75 Å². The number of hydrogen-bond acceptors (Lipinski definition) is 4. The Labute approximate surface area is 179 Å². The summed E-state index contributed by atoms with van der Waals surface area (Å²) < 4.78 is 7.68. The molecule has 0 bridgehead atoms. The van der Waals surface area contributed by atoms with Crippen LogP contribution < -0.4 is 15.4 Å². The molecule has 8 heteroatoms. The average Bonchev–Trinajstić information content (AvgIpc) is 3.55. The lowest BCUT2D eigenvalue weighted by Gasteiger charge is -2.11. The summed E-state index contributed by atoms with van der Waals surface area (Å²) in [4.78, 5) is 28.7. The first-order valence-electron chi connectivity index (χ1n) is 9.97. The van der Waals surface area contributed by atoms with E-state index >= 15 is 0 Å². The maximum atomic E-state index is 12.5. The molecule has 1 saturated carbocycles. The van der Waals surface area contributed by atoms with Crippen LogP contribution in [0.5, 0.6) is 5.75 Å². The molecule has 156 valence electrons. The lowest BCUT2D eigenvalue weighted by molar-refractivity contribution is -0.123. The Morgan fingerprint density at radius 3 is 2.57 bits per heavy atom. The van der Waals surface area contributed by atoms with Crippen LogP contribution in [0.4, 0.5) is 0 Å². The molecular weight excluding hydrogens is 404 g/mol. The van der Waals surface area contributed by atoms with Crippen LogP contribution in [-0.2, 0) is 22.7 Å². The zero-order valence-electron chi connectivity index (χ0n) is 16.4. The van der Waals surface area contributed by atoms with E-state index in [1.807, 2.05) is 28.8 Å². The summed E-state index contributed by atoms with van der Waals surface area (Å²) >= 11 is 5.91. The van der Waals surface area contributed by atoms with Crippen LogP contribution >= 0.6 is 11.6 Å². The van der Waals surface area contributed by atoms with E-state index in [1.165, 1.54) is 0 Å². The van der Waals surface area contributed by atoms with Gasteiger partial charge >= 0.3 is 0 Å². The molecule has 30 heavy (non-hydrogen) atoms. The summed E-state index contributed by atoms with van der Waals surface area (Å²) in [6, 6.07) is 14.8. The summed E-state index contributed by atoms with van der Waals surface area (Å²) in [7, 11) is 0. The Bertz CT molecular complexity index is 1040. The van der Waals surface area contributed by atoms with Crippen molar-refractivity contribution < 1.29 is 14.3 Å². The average molecular weight is 427 g/mol. The summed E-state index contributed by atoms with van der Waals surface area (Å²) in [6.45, 7) is 1.16. The SMILES string of the molecule is O=C(Cn1c(COc2ccc(Cl)cc2)nc2ccccc21)NCCNC(=O)C1CC1. The maximum Gasteiger partial charge on any atom is 0.240 e. The van der Waals surface area contributed by atoms with E-state index in [4.69, 9.17) is 16.3 Å². The van der Waals surface area contributed by atoms with Crippen molar-refractivity contribution >= 4 is 34.4 Å². The zero-order chi connectivity index (χ0) is 20.9. The van der Waals surface area contributed by atoms with Crippen molar-refractivity contribution in [3.05, 3.63) is 59.4 Å². The van der Waals surface area contributed by atoms with Crippen molar-refractivity contribution in [3.63, 3.8) is 0 Å². The van der Waals surface area contributed by atoms with Crippen LogP contribution in [0, 0.1) is 5.92 Å². The molecule has 0 unspecified atom stereocenters. The molecule has 1 aromatic heterocycles. The van der Waals surface area contributed by atoms with Gasteiger partial charge < -0.3 is 19.9 Å². The second-order valence-electron chi connectivity index (χ2n) is 7.26. The van der Waals surface area contributed by atoms with Crippen LogP contribution in [0.15, 0.2) is 48.5 Å². The van der Waals surface area contributed by atoms with Crippen LogP contribution in [-0.4, -0.2) is 34.5 Å². The van der Waals surface area contributed by atoms with E-state index in [1.54, 1.807) is 24.3 Å². The third kappa shape index (κ3) is 5.10. The molecule has 4 rings (SSSR count). The Hall–Kier alpha value is -3.06. The number of ether oxygens (including phenoxy) is 1. The normalized spacial score (nSPS) is 13.2. The van der Waals surface area contributed by atoms with Gasteiger partial charge in [-0.15, -0.1) is 0 Å². The fraction of sp³-hybridized carbons (Fsp3) is 0.318. The van der Waals surface area contributed by atoms with Crippen molar-refractivity contribution in [2.24, 2.45) is 5.92 Å². The molecule has 1 aliphatic rings. The highest BCUT2D eigenvalue weighted by Gasteiger charge is 2.29. The molecule has 0 atom stereocenters. The highest BCUT2D eigenvalue weighted by atomic mass is 35.5. The van der Waals surface area contributed by atoms with Gasteiger partial charge in [-0.1, -0.05) is 23.7 Å². The number of amides is 2. The Kier molecular flexibility index (Phi) is 6.18. The van der Waals surface area contributed by atoms with Crippen molar-refractivity contribution in [2.75, 3.05) is 13.1 Å². The predicted octanol–water partition coefficient (Wildman–Crippen LogP) is 2.91. The van der Waals surface area contributed by atoms with Gasteiger partial charge in [0, 0.05) is 24.0 Å². The van der Waals surface area contributed by atoms with Crippen molar-refractivity contribution in [1.82, 2.24) is 20.2 Å². The molecule has 7 nitrogen and oxygen atoms in total. The number of benzene rings is 2. The molecule has 3 aromatic rings. The first kappa shape index (κ1) is 20.2. The minimum absolute atomic E-state index is 0.0755. The number of fused-ring (bicyclic) bond motifs is 1. The topological polar surface area (TPSA) is 85.2 Å². The van der Waals surface area contributed by atoms with Crippen molar-refractivity contribution in [1.29, 1.82) is 0 Å². The minimum Gasteiger partial charge on any atom is -0.486 e. The highest BCUT2D eigenvalue weighted by Crippen LogP contribution is 2.28. The van der Waals surface area contributed by atoms with E-state index in [0.29, 0.717) is 29.7 Å². The number of rotatable bonds is 9. The molecule has 1 aliphatic carbocycles. The number of imidazole rings is 1. The van der Waals surface area contributed by atoms with Gasteiger partial charge in [-0.2, -0.15) is 0 Å². The molecule has 0 spiro atoms. The van der Waals surface area contributed by atoms with Gasteiger partial charge in [0.25, 0.3) is 0 Å². The van der Waals surface area contributed by atoms with Gasteiger partial charge in [0.2, 0.25) is 11.8 Å². The molecule has 0 aliphatic heterocycles. The zero-order valence-corrected chi connectivity index (χ0v) is 17.2. The van der Waals surface area contributed by atoms with Gasteiger partial charge in [0.1, 0.15) is 24.7 Å². The number of hydrogen-bond donors (Lipinski definition) is 2. The highest BCUT2D eigenvalue weighted by molar-refractivity contribution is 6.30. The second-order valence-corrected chi connectivity index (χ2v) is 7.70. The lowest BCUT2D eigenvalue weighted by atomic mass is 10.3. The molecule has 0 saturated heterocycles. The molecule has 0 radical (unpaired) electrons. The van der Waals surface area contributed by atoms with Gasteiger partial charge in [-0.05, 0) is 49.2 Å². The summed E-state index contributed by atoms with van der Waals surface area (Å²) in [5.74, 6) is 1.43. The second kappa shape index (κ2) is 9.17. The first-order valence-corrected chi connectivity index (χ1v) is 10.3. The molecule has 2 aromatic carbocycles. The van der Waals surface area contributed by atoms with Crippen molar-refractivity contribution in [2.45, 2.75) is 26.0 Å². The quantitative estimate of drug-likeness (QED) is 0.515. The monoisotopic (exact) mass is 426 g/mol. The standard InChI is InChI=1S/C22H23ClN4O3/c23-16-7-9-17(10-8-16)30-14-20-26-18-3-1-2-4-19(18)27(20)13-21(28)24-11-12-25-22(29)15-5-6-15/h1-4,7-10,15H,5-6,11-14H2,(H,24,28)(H,25,29). The summed E-state index contributed by atoms with van der Waals surface area (Å²) in [5.41, 5.74) is 1.67. The molecule has 2 N–H and O–H groups in total. The van der Waals surface area contributed by atoms with E-state index in [9.17, 15) is 9.59 Å². The maximum absolute atomic E-state index is 12.5. The third-order valence-electron chi connectivity index (χ3n) is 4.91. The molecular formula is C22H23ClN4O3. The third-order valence-corrected chi connectivity index (χ3v) is 5.16. The molecule has 2 amide bonds. The van der Waals surface area contributed by atoms with Gasteiger partial charge in [-0.3, -0.25) is 9.59 Å². The number of nitrogens with zero attached hydrogens (tertiary/aromatic N) is 2. The van der Waals surface area contributed by atoms with Crippen LogP contribution in [0.2, 0.25) is 5.02 Å². The van der Waals surface area contributed by atoms with E-state index in [0.717, 1.165) is 23.9 Å². The van der Waals surface area contributed by atoms with E-state index < -0.39 is 0 Å². The van der Waals surface area contributed by atoms with Crippen LogP contribution in [0.3, 0.4) is 0 Å². The molecule has 1 heterocycles. The number of carbonyl (C=O) groups excluding carboxylic acids is 2. The fourth-order valence-corrected chi connectivity index (χ4v) is 3.29. The predicted molar refractivity (Wildman–Crippen MR) is 114 cm³/mol. The van der Waals surface area contributed by atoms with Gasteiger partial charge in [-0.25, -0.2) is 4.98 Å². The number of carbonyl (C=O) groups is 2. The number of nitrogens with one attached hydrogen (secondary N) is 2. The fourth-order valence-electron chi connectivity index (χ4n) is 3.17. The minimum atomic E-state index is -0.147. The van der Waals surface area contributed by atoms with E-state index in [2.05, 4.69) is 15.6 Å². The Morgan fingerprint density at radius 1 is 1.07 bits per heavy atom. The first-order chi connectivity index (χ1) is 14.6. The molecule has 1 fully saturated rings. The van der Waals surface area contributed by atoms with Gasteiger partial charge in [0.15, 0.2) is 0 Å². The van der Waals surface area contributed by atoms with E-state index in [-0.39, 0.29) is 30.9 Å². The number of para-hydroxylation sites is 2. The largest absolute Gasteiger partial charge is 0.486 e. The summed E-state index contributed by atoms with van der Waals surface area (Å²) in [5, 5.41) is 6.33. The Morgan fingerprint density at radius 2 is 1.80 bits per heavy atom. The smallest absolute Gasteiger partial charge is 0.240 e. The Balaban J connectivity index is 1.38. The van der Waals surface area contributed by atoms with Gasteiger partial charge in [0.05, 0.1) is 11.0 Å². The number of halogens is 1.